The minimum absolute atomic E-state index is 0.0417. The molecule has 0 aromatic rings. The Kier molecular flexibility index (Phi) is 7.99. The average Bonchev–Trinajstić information content (AvgIpc) is 2.31. The number of carbonyl (C=O) groups is 2. The molecule has 0 aliphatic heterocycles. The maximum Gasteiger partial charge on any atom is 0.325 e. The number of nitrogens with two attached hydrogens (primary N) is 1. The lowest BCUT2D eigenvalue weighted by Crippen LogP contribution is -2.49. The van der Waals surface area contributed by atoms with E-state index in [-0.39, 0.29) is 18.5 Å². The van der Waals surface area contributed by atoms with Crippen LogP contribution >= 0.6 is 11.8 Å². The fourth-order valence-corrected chi connectivity index (χ4v) is 1.79. The van der Waals surface area contributed by atoms with Gasteiger partial charge in [-0.05, 0) is 32.3 Å². The van der Waals surface area contributed by atoms with Crippen LogP contribution in [0.4, 0.5) is 0 Å². The molecule has 0 fully saturated rings. The highest BCUT2D eigenvalue weighted by Crippen LogP contribution is 2.06. The lowest BCUT2D eigenvalue weighted by Gasteiger charge is -2.28. The van der Waals surface area contributed by atoms with E-state index in [0.29, 0.717) is 6.42 Å². The molecule has 0 aliphatic carbocycles. The molecule has 0 aromatic carbocycles. The maximum atomic E-state index is 12.0. The van der Waals surface area contributed by atoms with Crippen LogP contribution in [0, 0.1) is 0 Å². The first-order chi connectivity index (χ1) is 7.93. The van der Waals surface area contributed by atoms with E-state index >= 15 is 0 Å². The van der Waals surface area contributed by atoms with Crippen molar-refractivity contribution in [2.24, 2.45) is 5.73 Å². The minimum Gasteiger partial charge on any atom is -0.468 e. The van der Waals surface area contributed by atoms with E-state index in [1.807, 2.05) is 20.1 Å². The number of rotatable bonds is 7. The smallest absolute Gasteiger partial charge is 0.325 e. The molecule has 0 radical (unpaired) electrons. The van der Waals surface area contributed by atoms with E-state index < -0.39 is 12.0 Å². The predicted molar refractivity (Wildman–Crippen MR) is 69.8 cm³/mol. The Hall–Kier alpha value is -0.750. The van der Waals surface area contributed by atoms with Gasteiger partial charge in [0.05, 0.1) is 13.2 Å². The Morgan fingerprint density at radius 1 is 1.41 bits per heavy atom. The highest BCUT2D eigenvalue weighted by atomic mass is 32.2. The van der Waals surface area contributed by atoms with Crippen molar-refractivity contribution in [2.45, 2.75) is 32.4 Å². The molecule has 0 aromatic heterocycles. The van der Waals surface area contributed by atoms with Gasteiger partial charge in [0.1, 0.15) is 6.54 Å². The fourth-order valence-electron chi connectivity index (χ4n) is 1.30. The molecule has 0 saturated carbocycles. The SMILES string of the molecule is COC(=O)CN(C(=O)[C@@H](N)CCSC)C(C)C. The van der Waals surface area contributed by atoms with Crippen LogP contribution in [0.2, 0.25) is 0 Å². The molecular weight excluding hydrogens is 240 g/mol. The van der Waals surface area contributed by atoms with Gasteiger partial charge in [-0.1, -0.05) is 0 Å². The molecule has 5 nitrogen and oxygen atoms in total. The number of hydrogen-bond acceptors (Lipinski definition) is 5. The zero-order chi connectivity index (χ0) is 13.4. The maximum absolute atomic E-state index is 12.0. The number of hydrogen-bond donors (Lipinski definition) is 1. The van der Waals surface area contributed by atoms with E-state index in [1.165, 1.54) is 12.0 Å². The summed E-state index contributed by atoms with van der Waals surface area (Å²) in [6.45, 7) is 3.66. The summed E-state index contributed by atoms with van der Waals surface area (Å²) in [4.78, 5) is 24.7. The monoisotopic (exact) mass is 262 g/mol. The molecule has 17 heavy (non-hydrogen) atoms. The van der Waals surface area contributed by atoms with Gasteiger partial charge in [0.25, 0.3) is 0 Å². The number of esters is 1. The van der Waals surface area contributed by atoms with Crippen molar-refractivity contribution in [3.63, 3.8) is 0 Å². The highest BCUT2D eigenvalue weighted by Gasteiger charge is 2.25. The van der Waals surface area contributed by atoms with Crippen molar-refractivity contribution in [2.75, 3.05) is 25.7 Å². The zero-order valence-corrected chi connectivity index (χ0v) is 11.8. The first-order valence-corrected chi connectivity index (χ1v) is 6.95. The van der Waals surface area contributed by atoms with Crippen LogP contribution in [0.3, 0.4) is 0 Å². The summed E-state index contributed by atoms with van der Waals surface area (Å²) < 4.78 is 4.56. The minimum atomic E-state index is -0.547. The molecule has 0 heterocycles. The molecule has 0 aliphatic rings. The first kappa shape index (κ1) is 16.2. The lowest BCUT2D eigenvalue weighted by molar-refractivity contribution is -0.148. The van der Waals surface area contributed by atoms with Crippen molar-refractivity contribution in [1.29, 1.82) is 0 Å². The topological polar surface area (TPSA) is 72.6 Å². The van der Waals surface area contributed by atoms with Crippen LogP contribution in [-0.2, 0) is 14.3 Å². The van der Waals surface area contributed by atoms with Crippen LogP contribution in [0.1, 0.15) is 20.3 Å². The number of methoxy groups -OCH3 is 1. The van der Waals surface area contributed by atoms with E-state index in [9.17, 15) is 9.59 Å². The van der Waals surface area contributed by atoms with Crippen molar-refractivity contribution in [3.8, 4) is 0 Å². The summed E-state index contributed by atoms with van der Waals surface area (Å²) in [6, 6.07) is -0.614. The summed E-state index contributed by atoms with van der Waals surface area (Å²) in [5.74, 6) is 0.209. The van der Waals surface area contributed by atoms with Crippen molar-refractivity contribution >= 4 is 23.6 Å². The molecule has 0 bridgehead atoms. The summed E-state index contributed by atoms with van der Waals surface area (Å²) in [5, 5.41) is 0. The summed E-state index contributed by atoms with van der Waals surface area (Å²) in [6.07, 6.45) is 2.58. The Morgan fingerprint density at radius 3 is 2.41 bits per heavy atom. The van der Waals surface area contributed by atoms with Crippen LogP contribution in [0.15, 0.2) is 0 Å². The molecular formula is C11H22N2O3S. The number of nitrogens with zero attached hydrogens (tertiary/aromatic N) is 1. The lowest BCUT2D eigenvalue weighted by atomic mass is 10.2. The fraction of sp³-hybridized carbons (Fsp3) is 0.818. The molecule has 0 unspecified atom stereocenters. The molecule has 1 atom stereocenters. The molecule has 0 saturated heterocycles. The molecule has 6 heteroatoms. The zero-order valence-electron chi connectivity index (χ0n) is 10.9. The molecule has 2 N–H and O–H groups in total. The quantitative estimate of drug-likeness (QED) is 0.676. The Labute approximate surface area is 107 Å². The van der Waals surface area contributed by atoms with Gasteiger partial charge in [-0.25, -0.2) is 0 Å². The third-order valence-corrected chi connectivity index (χ3v) is 3.03. The Morgan fingerprint density at radius 2 is 2.00 bits per heavy atom. The van der Waals surface area contributed by atoms with Gasteiger partial charge in [-0.3, -0.25) is 9.59 Å². The van der Waals surface area contributed by atoms with E-state index in [4.69, 9.17) is 5.73 Å². The van der Waals surface area contributed by atoms with Gasteiger partial charge in [0, 0.05) is 6.04 Å². The second-order valence-corrected chi connectivity index (χ2v) is 5.01. The third-order valence-electron chi connectivity index (χ3n) is 2.38. The molecule has 0 rings (SSSR count). The van der Waals surface area contributed by atoms with E-state index in [0.717, 1.165) is 5.75 Å². The molecule has 1 amide bonds. The first-order valence-electron chi connectivity index (χ1n) is 5.55. The highest BCUT2D eigenvalue weighted by molar-refractivity contribution is 7.98. The third kappa shape index (κ3) is 5.93. The van der Waals surface area contributed by atoms with Gasteiger partial charge < -0.3 is 15.4 Å². The van der Waals surface area contributed by atoms with Crippen molar-refractivity contribution in [1.82, 2.24) is 4.90 Å². The van der Waals surface area contributed by atoms with Gasteiger partial charge in [-0.15, -0.1) is 0 Å². The van der Waals surface area contributed by atoms with Gasteiger partial charge in [0.15, 0.2) is 0 Å². The standard InChI is InChI=1S/C11H22N2O3S/c1-8(2)13(7-10(14)16-3)11(15)9(12)5-6-17-4/h8-9H,5-7,12H2,1-4H3/t9-/m0/s1. The van der Waals surface area contributed by atoms with Crippen LogP contribution in [0.5, 0.6) is 0 Å². The number of carbonyl (C=O) groups excluding carboxylic acids is 2. The van der Waals surface area contributed by atoms with Crippen molar-refractivity contribution < 1.29 is 14.3 Å². The largest absolute Gasteiger partial charge is 0.468 e. The van der Waals surface area contributed by atoms with E-state index in [1.54, 1.807) is 11.8 Å². The van der Waals surface area contributed by atoms with Crippen LogP contribution < -0.4 is 5.73 Å². The number of ether oxygens (including phenoxy) is 1. The van der Waals surface area contributed by atoms with Crippen LogP contribution in [-0.4, -0.2) is 54.5 Å². The molecule has 0 spiro atoms. The van der Waals surface area contributed by atoms with Gasteiger partial charge >= 0.3 is 5.97 Å². The number of amides is 1. The predicted octanol–water partition coefficient (Wildman–Crippen LogP) is 0.477. The van der Waals surface area contributed by atoms with Gasteiger partial charge in [-0.2, -0.15) is 11.8 Å². The molecule has 100 valence electrons. The van der Waals surface area contributed by atoms with Gasteiger partial charge in [0.2, 0.25) is 5.91 Å². The summed E-state index contributed by atoms with van der Waals surface area (Å²) >= 11 is 1.64. The Balaban J connectivity index is 4.48. The van der Waals surface area contributed by atoms with Crippen LogP contribution in [0.25, 0.3) is 0 Å². The normalized spacial score (nSPS) is 12.4. The summed E-state index contributed by atoms with van der Waals surface area (Å²) in [7, 11) is 1.30. The second kappa shape index (κ2) is 8.36. The number of thioether (sulfide) groups is 1. The second-order valence-electron chi connectivity index (χ2n) is 4.02. The average molecular weight is 262 g/mol. The van der Waals surface area contributed by atoms with E-state index in [2.05, 4.69) is 4.74 Å². The van der Waals surface area contributed by atoms with Crippen molar-refractivity contribution in [3.05, 3.63) is 0 Å². The summed E-state index contributed by atoms with van der Waals surface area (Å²) in [5.41, 5.74) is 5.80. The Bertz CT molecular complexity index is 259.